The van der Waals surface area contributed by atoms with Gasteiger partial charge in [-0.3, -0.25) is 4.79 Å². The summed E-state index contributed by atoms with van der Waals surface area (Å²) in [4.78, 5) is 17.4. The van der Waals surface area contributed by atoms with Crippen LogP contribution in [-0.4, -0.2) is 14.1 Å². The lowest BCUT2D eigenvalue weighted by Crippen LogP contribution is -2.41. The monoisotopic (exact) mass is 488 g/mol. The molecule has 1 unspecified atom stereocenters. The van der Waals surface area contributed by atoms with Crippen LogP contribution >= 0.6 is 23.2 Å². The Kier molecular flexibility index (Phi) is 5.56. The molecule has 0 aliphatic carbocycles. The summed E-state index contributed by atoms with van der Waals surface area (Å²) >= 11 is 12.4. The van der Waals surface area contributed by atoms with Crippen LogP contribution in [0.25, 0.3) is 22.0 Å². The summed E-state index contributed by atoms with van der Waals surface area (Å²) in [5.74, 6) is 0.684. The summed E-state index contributed by atoms with van der Waals surface area (Å²) in [7, 11) is 3.68. The van der Waals surface area contributed by atoms with Crippen molar-refractivity contribution >= 4 is 34.1 Å². The normalized spacial score (nSPS) is 13.2. The highest BCUT2D eigenvalue weighted by atomic mass is 35.5. The number of aromatic nitrogens is 3. The van der Waals surface area contributed by atoms with Crippen LogP contribution < -0.4 is 11.3 Å². The van der Waals surface area contributed by atoms with E-state index in [2.05, 4.69) is 4.98 Å². The Morgan fingerprint density at radius 3 is 2.29 bits per heavy atom. The average Bonchev–Trinajstić information content (AvgIpc) is 3.27. The number of imidazole rings is 1. The van der Waals surface area contributed by atoms with Crippen molar-refractivity contribution in [2.24, 2.45) is 19.8 Å². The molecule has 0 fully saturated rings. The predicted molar refractivity (Wildman–Crippen MR) is 138 cm³/mol. The standard InChI is InChI=1S/C27H22Cl2N4O/c1-32-13-12-31-26(32)27(30,18-6-9-20(28)10-7-18)19-8-11-24-23(15-19)22(16-25(34)33(24)2)17-4-3-5-21(29)14-17/h3-16H,30H2,1-2H3. The van der Waals surface area contributed by atoms with Crippen molar-refractivity contribution in [2.45, 2.75) is 5.54 Å². The molecule has 3 aromatic carbocycles. The van der Waals surface area contributed by atoms with E-state index in [4.69, 9.17) is 28.9 Å². The molecule has 2 heterocycles. The fourth-order valence-corrected chi connectivity index (χ4v) is 4.80. The lowest BCUT2D eigenvalue weighted by Gasteiger charge is -2.31. The molecule has 34 heavy (non-hydrogen) atoms. The van der Waals surface area contributed by atoms with Crippen molar-refractivity contribution < 1.29 is 0 Å². The summed E-state index contributed by atoms with van der Waals surface area (Å²) in [5.41, 5.74) is 10.2. The molecule has 5 rings (SSSR count). The second kappa shape index (κ2) is 8.44. The first kappa shape index (κ1) is 22.4. The molecule has 170 valence electrons. The van der Waals surface area contributed by atoms with E-state index in [1.807, 2.05) is 84.5 Å². The Labute approximate surface area is 207 Å². The maximum atomic E-state index is 12.8. The van der Waals surface area contributed by atoms with Gasteiger partial charge in [0.25, 0.3) is 5.56 Å². The molecule has 5 nitrogen and oxygen atoms in total. The summed E-state index contributed by atoms with van der Waals surface area (Å²) in [6.07, 6.45) is 3.60. The Morgan fingerprint density at radius 1 is 0.882 bits per heavy atom. The molecule has 5 aromatic rings. The first-order valence-corrected chi connectivity index (χ1v) is 11.5. The minimum atomic E-state index is -1.06. The van der Waals surface area contributed by atoms with Crippen LogP contribution in [0, 0.1) is 0 Å². The zero-order chi connectivity index (χ0) is 24.0. The molecule has 0 saturated heterocycles. The molecule has 0 spiro atoms. The Bertz CT molecular complexity index is 1590. The van der Waals surface area contributed by atoms with Gasteiger partial charge < -0.3 is 14.9 Å². The number of hydrogen-bond acceptors (Lipinski definition) is 3. The second-order valence-electron chi connectivity index (χ2n) is 8.37. The third kappa shape index (κ3) is 3.62. The van der Waals surface area contributed by atoms with E-state index in [9.17, 15) is 4.79 Å². The van der Waals surface area contributed by atoms with E-state index < -0.39 is 5.54 Å². The van der Waals surface area contributed by atoms with Crippen LogP contribution in [-0.2, 0) is 19.6 Å². The summed E-state index contributed by atoms with van der Waals surface area (Å²) in [6, 6.07) is 22.5. The van der Waals surface area contributed by atoms with Crippen molar-refractivity contribution in [3.8, 4) is 11.1 Å². The zero-order valence-electron chi connectivity index (χ0n) is 18.7. The van der Waals surface area contributed by atoms with Gasteiger partial charge >= 0.3 is 0 Å². The molecule has 0 saturated carbocycles. The van der Waals surface area contributed by atoms with Crippen LogP contribution in [0.2, 0.25) is 10.0 Å². The Balaban J connectivity index is 1.84. The van der Waals surface area contributed by atoms with E-state index in [-0.39, 0.29) is 5.56 Å². The van der Waals surface area contributed by atoms with Crippen LogP contribution in [0.15, 0.2) is 90.0 Å². The van der Waals surface area contributed by atoms with E-state index in [1.165, 1.54) is 0 Å². The number of nitrogens with zero attached hydrogens (tertiary/aromatic N) is 3. The quantitative estimate of drug-likeness (QED) is 0.363. The lowest BCUT2D eigenvalue weighted by molar-refractivity contribution is 0.574. The third-order valence-corrected chi connectivity index (χ3v) is 6.80. The number of pyridine rings is 1. The van der Waals surface area contributed by atoms with Crippen LogP contribution in [0.3, 0.4) is 0 Å². The second-order valence-corrected chi connectivity index (χ2v) is 9.25. The Hall–Kier alpha value is -3.38. The predicted octanol–water partition coefficient (Wildman–Crippen LogP) is 5.50. The molecule has 0 amide bonds. The van der Waals surface area contributed by atoms with E-state index >= 15 is 0 Å². The van der Waals surface area contributed by atoms with Gasteiger partial charge in [-0.15, -0.1) is 0 Å². The highest BCUT2D eigenvalue weighted by Gasteiger charge is 2.36. The summed E-state index contributed by atoms with van der Waals surface area (Å²) in [6.45, 7) is 0. The van der Waals surface area contributed by atoms with Crippen LogP contribution in [0.4, 0.5) is 0 Å². The maximum absolute atomic E-state index is 12.8. The molecule has 0 aliphatic rings. The molecule has 7 heteroatoms. The molecule has 1 atom stereocenters. The minimum Gasteiger partial charge on any atom is -0.336 e. The van der Waals surface area contributed by atoms with Crippen molar-refractivity contribution in [3.63, 3.8) is 0 Å². The molecular weight excluding hydrogens is 467 g/mol. The molecule has 0 aliphatic heterocycles. The number of aryl methyl sites for hydroxylation is 2. The molecule has 2 N–H and O–H groups in total. The topological polar surface area (TPSA) is 65.8 Å². The lowest BCUT2D eigenvalue weighted by atomic mass is 9.81. The SMILES string of the molecule is Cn1ccnc1C(N)(c1ccc(Cl)cc1)c1ccc2c(c1)c(-c1cccc(Cl)c1)cc(=O)n2C. The third-order valence-electron chi connectivity index (χ3n) is 6.31. The van der Waals surface area contributed by atoms with E-state index in [1.54, 1.807) is 23.9 Å². The smallest absolute Gasteiger partial charge is 0.251 e. The Morgan fingerprint density at radius 2 is 1.62 bits per heavy atom. The van der Waals surface area contributed by atoms with Crippen molar-refractivity contribution in [3.05, 3.63) is 123 Å². The van der Waals surface area contributed by atoms with Crippen molar-refractivity contribution in [1.82, 2.24) is 14.1 Å². The summed E-state index contributed by atoms with van der Waals surface area (Å²) < 4.78 is 3.55. The molecule has 0 bridgehead atoms. The van der Waals surface area contributed by atoms with Crippen LogP contribution in [0.1, 0.15) is 17.0 Å². The number of rotatable bonds is 4. The summed E-state index contributed by atoms with van der Waals surface area (Å²) in [5, 5.41) is 2.12. The van der Waals surface area contributed by atoms with Crippen LogP contribution in [0.5, 0.6) is 0 Å². The van der Waals surface area contributed by atoms with Crippen molar-refractivity contribution in [2.75, 3.05) is 0 Å². The number of nitrogens with two attached hydrogens (primary N) is 1. The van der Waals surface area contributed by atoms with E-state index in [0.29, 0.717) is 15.9 Å². The number of halogens is 2. The molecule has 2 aromatic heterocycles. The average molecular weight is 489 g/mol. The van der Waals surface area contributed by atoms with E-state index in [0.717, 1.165) is 33.2 Å². The van der Waals surface area contributed by atoms with Gasteiger partial charge in [0, 0.05) is 48.0 Å². The van der Waals surface area contributed by atoms with Gasteiger partial charge in [-0.05, 0) is 58.7 Å². The van der Waals surface area contributed by atoms with Gasteiger partial charge in [0.1, 0.15) is 11.4 Å². The fraction of sp³-hybridized carbons (Fsp3) is 0.111. The van der Waals surface area contributed by atoms with Gasteiger partial charge in [0.15, 0.2) is 0 Å². The van der Waals surface area contributed by atoms with Gasteiger partial charge in [-0.25, -0.2) is 4.98 Å². The number of benzene rings is 3. The minimum absolute atomic E-state index is 0.101. The van der Waals surface area contributed by atoms with Gasteiger partial charge in [-0.1, -0.05) is 53.5 Å². The highest BCUT2D eigenvalue weighted by Crippen LogP contribution is 2.37. The highest BCUT2D eigenvalue weighted by molar-refractivity contribution is 6.31. The largest absolute Gasteiger partial charge is 0.336 e. The maximum Gasteiger partial charge on any atom is 0.251 e. The zero-order valence-corrected chi connectivity index (χ0v) is 20.2. The fourth-order valence-electron chi connectivity index (χ4n) is 4.48. The number of fused-ring (bicyclic) bond motifs is 1. The van der Waals surface area contributed by atoms with Gasteiger partial charge in [0.2, 0.25) is 0 Å². The van der Waals surface area contributed by atoms with Crippen molar-refractivity contribution in [1.29, 1.82) is 0 Å². The van der Waals surface area contributed by atoms with Gasteiger partial charge in [-0.2, -0.15) is 0 Å². The molecule has 0 radical (unpaired) electrons. The van der Waals surface area contributed by atoms with Gasteiger partial charge in [0.05, 0.1) is 5.52 Å². The first-order valence-electron chi connectivity index (χ1n) is 10.7. The number of hydrogen-bond donors (Lipinski definition) is 1. The molecular formula is C27H22Cl2N4O. The first-order chi connectivity index (χ1) is 16.3.